The average Bonchev–Trinajstić information content (AvgIpc) is 3.93. The highest BCUT2D eigenvalue weighted by molar-refractivity contribution is 5.86. The number of carbonyl (C=O) groups excluding carboxylic acids is 2. The minimum atomic E-state index is -0.990. The fourth-order valence-corrected chi connectivity index (χ4v) is 11.1. The Balaban J connectivity index is 0.770. The number of imide groups is 1. The highest BCUT2D eigenvalue weighted by Gasteiger charge is 2.37. The van der Waals surface area contributed by atoms with Crippen molar-refractivity contribution in [3.63, 3.8) is 0 Å². The van der Waals surface area contributed by atoms with E-state index in [0.29, 0.717) is 66.2 Å². The van der Waals surface area contributed by atoms with Crippen LogP contribution in [0.3, 0.4) is 0 Å². The van der Waals surface area contributed by atoms with Gasteiger partial charge >= 0.3 is 0 Å². The molecular weight excluding hydrogens is 821 g/mol. The van der Waals surface area contributed by atoms with Gasteiger partial charge in [0.1, 0.15) is 11.0 Å². The summed E-state index contributed by atoms with van der Waals surface area (Å²) < 4.78 is 9.29. The Hall–Kier alpha value is -6.03. The fourth-order valence-electron chi connectivity index (χ4n) is 11.1. The number of hydrogen-bond donors (Lipinski definition) is 3. The Morgan fingerprint density at radius 2 is 1.71 bits per heavy atom. The van der Waals surface area contributed by atoms with Crippen LogP contribution in [-0.2, 0) is 54.0 Å². The first-order valence-corrected chi connectivity index (χ1v) is 23.5. The van der Waals surface area contributed by atoms with E-state index >= 15 is 0 Å². The summed E-state index contributed by atoms with van der Waals surface area (Å²) >= 11 is 0. The predicted octanol–water partition coefficient (Wildman–Crippen LogP) is 6.52. The Morgan fingerprint density at radius 1 is 0.954 bits per heavy atom. The number of allylic oxidation sites excluding steroid dienone is 1. The van der Waals surface area contributed by atoms with Crippen molar-refractivity contribution in [2.45, 2.75) is 128 Å². The molecule has 2 aliphatic heterocycles. The zero-order valence-electron chi connectivity index (χ0n) is 37.4. The summed E-state index contributed by atoms with van der Waals surface area (Å²) in [4.78, 5) is 55.9. The number of aryl methyl sites for hydroxylation is 1. The monoisotopic (exact) mass is 878 g/mol. The summed E-state index contributed by atoms with van der Waals surface area (Å²) in [7, 11) is 0. The van der Waals surface area contributed by atoms with Gasteiger partial charge in [-0.1, -0.05) is 43.3 Å². The molecule has 6 heterocycles. The van der Waals surface area contributed by atoms with Gasteiger partial charge in [0.2, 0.25) is 18.3 Å². The van der Waals surface area contributed by atoms with E-state index in [0.717, 1.165) is 79.8 Å². The molecule has 4 aromatic heterocycles. The molecule has 0 bridgehead atoms. The lowest BCUT2D eigenvalue weighted by molar-refractivity contribution is -0.125. The summed E-state index contributed by atoms with van der Waals surface area (Å²) in [5, 5.41) is 22.9. The van der Waals surface area contributed by atoms with Crippen LogP contribution in [0.2, 0.25) is 0 Å². The molecule has 65 heavy (non-hydrogen) atoms. The van der Waals surface area contributed by atoms with Crippen molar-refractivity contribution in [2.24, 2.45) is 0 Å². The van der Waals surface area contributed by atoms with Crippen LogP contribution in [0, 0.1) is 0 Å². The van der Waals surface area contributed by atoms with Gasteiger partial charge in [-0.05, 0) is 117 Å². The molecular formula is C50H58N10O5. The number of hydrogen-bond acceptors (Lipinski definition) is 12. The van der Waals surface area contributed by atoms with Gasteiger partial charge in [-0.25, -0.2) is 19.3 Å². The molecule has 1 saturated carbocycles. The van der Waals surface area contributed by atoms with Gasteiger partial charge in [-0.2, -0.15) is 4.98 Å². The Labute approximate surface area is 377 Å². The lowest BCUT2D eigenvalue weighted by Crippen LogP contribution is -2.46. The summed E-state index contributed by atoms with van der Waals surface area (Å²) in [6, 6.07) is 16.0. The summed E-state index contributed by atoms with van der Waals surface area (Å²) in [5.41, 5.74) is 8.87. The molecule has 2 aromatic carbocycles. The zero-order valence-corrected chi connectivity index (χ0v) is 37.4. The average molecular weight is 879 g/mol. The van der Waals surface area contributed by atoms with Crippen LogP contribution in [-0.4, -0.2) is 88.4 Å². The molecule has 0 spiro atoms. The van der Waals surface area contributed by atoms with Crippen LogP contribution in [0.25, 0.3) is 27.8 Å². The molecule has 2 unspecified atom stereocenters. The van der Waals surface area contributed by atoms with Crippen molar-refractivity contribution in [3.05, 3.63) is 111 Å². The first-order chi connectivity index (χ1) is 31.6. The maximum atomic E-state index is 13.6. The maximum Gasteiger partial charge on any atom is 0.278 e. The molecule has 2 atom stereocenters. The zero-order chi connectivity index (χ0) is 44.8. The van der Waals surface area contributed by atoms with Gasteiger partial charge in [0.05, 0.1) is 17.9 Å². The second-order valence-electron chi connectivity index (χ2n) is 18.6. The second-order valence-corrected chi connectivity index (χ2v) is 18.6. The standard InChI is InChI=1S/C50H58N10O5/c1-4-23-59-48(63)41-28-51-49(55-47(41)60(59)42-16-9-33-18-22-50(64,5-2)46(33)54-42)53-36-10-7-35-29-58(25-20-34(35)27-36)38-13-11-37(12-14-38)57-24-19-32-8-15-40-44(31(3)6-17-43(62)52-30-61)56-65-45(40)39(32)21-26-57/h4,7-10,15-16,27-28,30-31,37-38,64H,1,5-6,11-14,17-26,29H2,2-3H3,(H,51,53,55)(H,52,61,62). The molecule has 10 rings (SSSR count). The molecule has 0 saturated heterocycles. The topological polar surface area (TPSA) is 177 Å². The van der Waals surface area contributed by atoms with E-state index in [9.17, 15) is 19.5 Å². The van der Waals surface area contributed by atoms with Crippen molar-refractivity contribution >= 4 is 46.0 Å². The van der Waals surface area contributed by atoms with E-state index in [1.54, 1.807) is 21.6 Å². The Bertz CT molecular complexity index is 2860. The van der Waals surface area contributed by atoms with Gasteiger partial charge in [0, 0.05) is 73.4 Å². The molecule has 3 N–H and O–H groups in total. The summed E-state index contributed by atoms with van der Waals surface area (Å²) in [6.07, 6.45) is 14.2. The number of nitrogens with one attached hydrogen (secondary N) is 2. The Kier molecular flexibility index (Phi) is 11.7. The second kappa shape index (κ2) is 17.7. The number of fused-ring (bicyclic) bond motifs is 6. The molecule has 4 aliphatic rings. The molecule has 2 aliphatic carbocycles. The van der Waals surface area contributed by atoms with Crippen LogP contribution in [0.5, 0.6) is 0 Å². The van der Waals surface area contributed by atoms with Crippen molar-refractivity contribution in [1.29, 1.82) is 0 Å². The SMILES string of the molecule is C=CCn1c(=O)c2cnc(Nc3ccc4c(c3)CCN(C3CCC(N5CCc6ccc7c(C(C)CCC(=O)NC=O)noc7c6CC5)CC3)C4)nc2n1-c1ccc2c(n1)C(O)(CC)CC2. The van der Waals surface area contributed by atoms with Crippen LogP contribution in [0.1, 0.15) is 110 Å². The predicted molar refractivity (Wildman–Crippen MR) is 248 cm³/mol. The van der Waals surface area contributed by atoms with Crippen LogP contribution in [0.4, 0.5) is 11.6 Å². The van der Waals surface area contributed by atoms with Crippen molar-refractivity contribution in [1.82, 2.24) is 44.6 Å². The van der Waals surface area contributed by atoms with E-state index in [2.05, 4.69) is 74.4 Å². The quantitative estimate of drug-likeness (QED) is 0.0848. The highest BCUT2D eigenvalue weighted by atomic mass is 16.5. The number of nitrogens with zero attached hydrogens (tertiary/aromatic N) is 8. The maximum absolute atomic E-state index is 13.6. The Morgan fingerprint density at radius 3 is 2.51 bits per heavy atom. The fraction of sp³-hybridized carbons (Fsp3) is 0.460. The normalized spacial score (nSPS) is 21.6. The lowest BCUT2D eigenvalue weighted by Gasteiger charge is -2.42. The van der Waals surface area contributed by atoms with Gasteiger partial charge in [-0.15, -0.1) is 6.58 Å². The number of aromatic nitrogens is 6. The van der Waals surface area contributed by atoms with E-state index in [1.807, 2.05) is 19.1 Å². The molecule has 2 amide bonds. The minimum Gasteiger partial charge on any atom is -0.384 e. The van der Waals surface area contributed by atoms with Crippen LogP contribution in [0.15, 0.2) is 70.6 Å². The molecule has 1 fully saturated rings. The number of anilines is 2. The van der Waals surface area contributed by atoms with Gasteiger partial charge in [0.25, 0.3) is 5.56 Å². The van der Waals surface area contributed by atoms with E-state index in [1.165, 1.54) is 47.9 Å². The van der Waals surface area contributed by atoms with Gasteiger partial charge in [-0.3, -0.25) is 29.5 Å². The molecule has 0 radical (unpaired) electrons. The first kappa shape index (κ1) is 42.9. The van der Waals surface area contributed by atoms with Crippen molar-refractivity contribution in [2.75, 3.05) is 25.0 Å². The third kappa shape index (κ3) is 8.07. The van der Waals surface area contributed by atoms with Crippen LogP contribution < -0.4 is 16.2 Å². The number of pyridine rings is 1. The van der Waals surface area contributed by atoms with E-state index < -0.39 is 5.60 Å². The molecule has 15 nitrogen and oxygen atoms in total. The minimum absolute atomic E-state index is 0.0340. The number of aliphatic hydroxyl groups is 1. The number of amides is 2. The third-order valence-corrected chi connectivity index (χ3v) is 14.9. The lowest BCUT2D eigenvalue weighted by atomic mass is 9.87. The number of benzene rings is 2. The molecule has 15 heteroatoms. The largest absolute Gasteiger partial charge is 0.384 e. The molecule has 338 valence electrons. The summed E-state index contributed by atoms with van der Waals surface area (Å²) in [6.45, 7) is 12.2. The first-order valence-electron chi connectivity index (χ1n) is 23.5. The number of rotatable bonds is 13. The third-order valence-electron chi connectivity index (χ3n) is 14.9. The van der Waals surface area contributed by atoms with E-state index in [-0.39, 0.29) is 30.3 Å². The smallest absolute Gasteiger partial charge is 0.278 e. The number of carbonyl (C=O) groups is 2. The van der Waals surface area contributed by atoms with Gasteiger partial charge < -0.3 is 14.9 Å². The summed E-state index contributed by atoms with van der Waals surface area (Å²) in [5.74, 6) is 0.663. The van der Waals surface area contributed by atoms with Crippen molar-refractivity contribution in [3.8, 4) is 5.82 Å². The molecule has 6 aromatic rings. The van der Waals surface area contributed by atoms with E-state index in [4.69, 9.17) is 14.5 Å². The van der Waals surface area contributed by atoms with Crippen molar-refractivity contribution < 1.29 is 19.2 Å². The van der Waals surface area contributed by atoms with Gasteiger partial charge in [0.15, 0.2) is 17.0 Å². The van der Waals surface area contributed by atoms with Crippen LogP contribution >= 0.6 is 0 Å². The highest BCUT2D eigenvalue weighted by Crippen LogP contribution is 2.39.